The van der Waals surface area contributed by atoms with Gasteiger partial charge in [0.1, 0.15) is 0 Å². The lowest BCUT2D eigenvalue weighted by molar-refractivity contribution is 0.389. The van der Waals surface area contributed by atoms with Crippen molar-refractivity contribution in [3.8, 4) is 0 Å². The van der Waals surface area contributed by atoms with E-state index in [9.17, 15) is 0 Å². The number of nitrogens with one attached hydrogen (secondary N) is 1. The quantitative estimate of drug-likeness (QED) is 0.775. The second kappa shape index (κ2) is 5.92. The lowest BCUT2D eigenvalue weighted by atomic mass is 10.0. The second-order valence-corrected chi connectivity index (χ2v) is 4.54. The first kappa shape index (κ1) is 12.3. The van der Waals surface area contributed by atoms with Crippen LogP contribution in [0, 0.1) is 12.8 Å². The molecule has 0 saturated carbocycles. The van der Waals surface area contributed by atoms with Crippen molar-refractivity contribution in [2.75, 3.05) is 0 Å². The molecule has 15 heavy (non-hydrogen) atoms. The molecule has 1 aromatic carbocycles. The predicted molar refractivity (Wildman–Crippen MR) is 66.9 cm³/mol. The van der Waals surface area contributed by atoms with Gasteiger partial charge in [0.2, 0.25) is 0 Å². The average molecular weight is 205 g/mol. The summed E-state index contributed by atoms with van der Waals surface area (Å²) >= 11 is 0. The molecule has 0 aliphatic carbocycles. The molecule has 0 aliphatic heterocycles. The number of benzene rings is 1. The van der Waals surface area contributed by atoms with Gasteiger partial charge in [-0.15, -0.1) is 0 Å². The highest BCUT2D eigenvalue weighted by Gasteiger charge is 2.08. The zero-order valence-electron chi connectivity index (χ0n) is 10.4. The van der Waals surface area contributed by atoms with Crippen LogP contribution >= 0.6 is 0 Å². The molecular formula is C14H23N. The molecule has 0 spiro atoms. The lowest BCUT2D eigenvalue weighted by Gasteiger charge is -2.20. The van der Waals surface area contributed by atoms with E-state index in [0.29, 0.717) is 6.04 Å². The van der Waals surface area contributed by atoms with Crippen LogP contribution in [0.3, 0.4) is 0 Å². The molecule has 1 nitrogen and oxygen atoms in total. The van der Waals surface area contributed by atoms with Crippen molar-refractivity contribution < 1.29 is 0 Å². The summed E-state index contributed by atoms with van der Waals surface area (Å²) < 4.78 is 0. The summed E-state index contributed by atoms with van der Waals surface area (Å²) in [7, 11) is 0. The Balaban J connectivity index is 2.43. The molecule has 0 unspecified atom stereocenters. The Morgan fingerprint density at radius 2 is 2.00 bits per heavy atom. The Kier molecular flexibility index (Phi) is 4.83. The van der Waals surface area contributed by atoms with E-state index in [1.54, 1.807) is 0 Å². The van der Waals surface area contributed by atoms with E-state index >= 15 is 0 Å². The summed E-state index contributed by atoms with van der Waals surface area (Å²) in [6, 6.07) is 9.29. The molecule has 0 heterocycles. The minimum Gasteiger partial charge on any atom is -0.310 e. The van der Waals surface area contributed by atoms with Crippen molar-refractivity contribution in [1.29, 1.82) is 0 Å². The normalized spacial score (nSPS) is 14.9. The van der Waals surface area contributed by atoms with E-state index in [0.717, 1.165) is 12.5 Å². The largest absolute Gasteiger partial charge is 0.310 e. The van der Waals surface area contributed by atoms with Crippen molar-refractivity contribution in [2.45, 2.75) is 46.7 Å². The maximum atomic E-state index is 3.58. The third kappa shape index (κ3) is 4.05. The third-order valence-electron chi connectivity index (χ3n) is 3.21. The summed E-state index contributed by atoms with van der Waals surface area (Å²) in [6.45, 7) is 9.93. The molecule has 0 radical (unpaired) electrons. The van der Waals surface area contributed by atoms with Gasteiger partial charge in [0.15, 0.2) is 0 Å². The molecule has 84 valence electrons. The molecule has 0 fully saturated rings. The van der Waals surface area contributed by atoms with Gasteiger partial charge in [0.25, 0.3) is 0 Å². The van der Waals surface area contributed by atoms with Crippen LogP contribution < -0.4 is 5.32 Å². The Morgan fingerprint density at radius 1 is 1.27 bits per heavy atom. The third-order valence-corrected chi connectivity index (χ3v) is 3.21. The molecule has 1 heteroatoms. The fourth-order valence-electron chi connectivity index (χ4n) is 1.66. The Hall–Kier alpha value is -0.820. The van der Waals surface area contributed by atoms with Crippen molar-refractivity contribution >= 4 is 0 Å². The summed E-state index contributed by atoms with van der Waals surface area (Å²) in [5, 5.41) is 3.58. The lowest BCUT2D eigenvalue weighted by Crippen LogP contribution is -2.31. The van der Waals surface area contributed by atoms with Crippen LogP contribution in [0.15, 0.2) is 24.3 Å². The molecule has 1 aromatic rings. The highest BCUT2D eigenvalue weighted by Crippen LogP contribution is 2.09. The van der Waals surface area contributed by atoms with Crippen molar-refractivity contribution in [3.05, 3.63) is 35.4 Å². The Labute approximate surface area is 93.9 Å². The smallest absolute Gasteiger partial charge is 0.0208 e. The van der Waals surface area contributed by atoms with Crippen LogP contribution in [0.1, 0.15) is 38.3 Å². The SMILES string of the molecule is CC[C@@H](C)[C@H](C)NCc1cccc(C)c1. The van der Waals surface area contributed by atoms with Gasteiger partial charge in [-0.25, -0.2) is 0 Å². The standard InChI is InChI=1S/C14H23N/c1-5-12(3)13(4)15-10-14-8-6-7-11(2)9-14/h6-9,12-13,15H,5,10H2,1-4H3/t12-,13+/m1/s1. The maximum Gasteiger partial charge on any atom is 0.0208 e. The van der Waals surface area contributed by atoms with Gasteiger partial charge in [0.05, 0.1) is 0 Å². The molecule has 0 bridgehead atoms. The molecule has 0 saturated heterocycles. The van der Waals surface area contributed by atoms with E-state index in [2.05, 4.69) is 57.3 Å². The Morgan fingerprint density at radius 3 is 2.60 bits per heavy atom. The molecule has 0 aliphatic rings. The van der Waals surface area contributed by atoms with Crippen LogP contribution in [0.4, 0.5) is 0 Å². The summed E-state index contributed by atoms with van der Waals surface area (Å²) in [4.78, 5) is 0. The summed E-state index contributed by atoms with van der Waals surface area (Å²) in [6.07, 6.45) is 1.24. The van der Waals surface area contributed by atoms with E-state index in [4.69, 9.17) is 0 Å². The molecular weight excluding hydrogens is 182 g/mol. The number of aryl methyl sites for hydroxylation is 1. The van der Waals surface area contributed by atoms with Gasteiger partial charge in [-0.05, 0) is 25.3 Å². The van der Waals surface area contributed by atoms with Gasteiger partial charge in [-0.2, -0.15) is 0 Å². The van der Waals surface area contributed by atoms with Crippen molar-refractivity contribution in [2.24, 2.45) is 5.92 Å². The zero-order valence-corrected chi connectivity index (χ0v) is 10.4. The van der Waals surface area contributed by atoms with Gasteiger partial charge in [-0.3, -0.25) is 0 Å². The number of hydrogen-bond donors (Lipinski definition) is 1. The van der Waals surface area contributed by atoms with E-state index in [-0.39, 0.29) is 0 Å². The fourth-order valence-corrected chi connectivity index (χ4v) is 1.66. The summed E-state index contributed by atoms with van der Waals surface area (Å²) in [5.41, 5.74) is 2.72. The monoisotopic (exact) mass is 205 g/mol. The molecule has 1 rings (SSSR count). The highest BCUT2D eigenvalue weighted by molar-refractivity contribution is 5.21. The minimum absolute atomic E-state index is 0.593. The minimum atomic E-state index is 0.593. The van der Waals surface area contributed by atoms with Crippen LogP contribution in [0.25, 0.3) is 0 Å². The second-order valence-electron chi connectivity index (χ2n) is 4.54. The van der Waals surface area contributed by atoms with E-state index in [1.807, 2.05) is 0 Å². The average Bonchev–Trinajstić information content (AvgIpc) is 2.25. The van der Waals surface area contributed by atoms with Crippen molar-refractivity contribution in [1.82, 2.24) is 5.32 Å². The molecule has 0 aromatic heterocycles. The van der Waals surface area contributed by atoms with E-state index < -0.39 is 0 Å². The predicted octanol–water partition coefficient (Wildman–Crippen LogP) is 3.52. The highest BCUT2D eigenvalue weighted by atomic mass is 14.9. The first-order valence-electron chi connectivity index (χ1n) is 5.92. The van der Waals surface area contributed by atoms with Crippen LogP contribution in [0.2, 0.25) is 0 Å². The Bertz CT molecular complexity index is 293. The van der Waals surface area contributed by atoms with Crippen LogP contribution in [-0.4, -0.2) is 6.04 Å². The molecule has 1 N–H and O–H groups in total. The van der Waals surface area contributed by atoms with Crippen LogP contribution in [0.5, 0.6) is 0 Å². The van der Waals surface area contributed by atoms with Crippen molar-refractivity contribution in [3.63, 3.8) is 0 Å². The topological polar surface area (TPSA) is 12.0 Å². The van der Waals surface area contributed by atoms with Crippen LogP contribution in [-0.2, 0) is 6.54 Å². The molecule has 0 amide bonds. The van der Waals surface area contributed by atoms with Gasteiger partial charge < -0.3 is 5.32 Å². The van der Waals surface area contributed by atoms with Gasteiger partial charge in [0, 0.05) is 12.6 Å². The van der Waals surface area contributed by atoms with Gasteiger partial charge >= 0.3 is 0 Å². The zero-order chi connectivity index (χ0) is 11.3. The fraction of sp³-hybridized carbons (Fsp3) is 0.571. The number of hydrogen-bond acceptors (Lipinski definition) is 1. The number of rotatable bonds is 5. The first-order valence-corrected chi connectivity index (χ1v) is 5.92. The van der Waals surface area contributed by atoms with Gasteiger partial charge in [-0.1, -0.05) is 50.1 Å². The summed E-state index contributed by atoms with van der Waals surface area (Å²) in [5.74, 6) is 0.745. The first-order chi connectivity index (χ1) is 7.13. The van der Waals surface area contributed by atoms with E-state index in [1.165, 1.54) is 17.5 Å². The molecule has 2 atom stereocenters. The maximum absolute atomic E-state index is 3.58.